The monoisotopic (exact) mass is 463 g/mol. The van der Waals surface area contributed by atoms with Crippen LogP contribution in [0.5, 0.6) is 0 Å². The van der Waals surface area contributed by atoms with E-state index in [2.05, 4.69) is 106 Å². The zero-order valence-electron chi connectivity index (χ0n) is 19.6. The van der Waals surface area contributed by atoms with Gasteiger partial charge in [0, 0.05) is 16.5 Å². The zero-order chi connectivity index (χ0) is 23.8. The highest BCUT2D eigenvalue weighted by atomic mass is 16.4. The molecule has 0 fully saturated rings. The van der Waals surface area contributed by atoms with Gasteiger partial charge in [-0.05, 0) is 78.2 Å². The molecule has 0 unspecified atom stereocenters. The lowest BCUT2D eigenvalue weighted by molar-refractivity contribution is 0.643. The fourth-order valence-electron chi connectivity index (χ4n) is 5.56. The topological polar surface area (TPSA) is 35.4 Å². The zero-order valence-corrected chi connectivity index (χ0v) is 19.6. The van der Waals surface area contributed by atoms with E-state index in [9.17, 15) is 0 Å². The average molecular weight is 464 g/mol. The van der Waals surface area contributed by atoms with Crippen LogP contribution in [-0.2, 0) is 0 Å². The SMILES string of the molecule is Cc1cccc(-n2c3ccccc3c3cc(-c4ccc5oc6nc7ccccc7n6c5c4)ccc32)c1. The van der Waals surface area contributed by atoms with Gasteiger partial charge in [0.2, 0.25) is 0 Å². The molecule has 0 saturated carbocycles. The van der Waals surface area contributed by atoms with Gasteiger partial charge in [0.25, 0.3) is 0 Å². The molecule has 4 heteroatoms. The molecule has 0 aliphatic rings. The van der Waals surface area contributed by atoms with Crippen LogP contribution in [-0.4, -0.2) is 14.0 Å². The average Bonchev–Trinajstić information content (AvgIpc) is 3.55. The summed E-state index contributed by atoms with van der Waals surface area (Å²) < 4.78 is 10.5. The molecule has 0 spiro atoms. The van der Waals surface area contributed by atoms with E-state index in [1.54, 1.807) is 0 Å². The fourth-order valence-corrected chi connectivity index (χ4v) is 5.56. The Labute approximate surface area is 206 Å². The summed E-state index contributed by atoms with van der Waals surface area (Å²) in [5.74, 6) is 0.625. The Kier molecular flexibility index (Phi) is 3.84. The Hall–Kier alpha value is -4.83. The molecule has 0 radical (unpaired) electrons. The molecule has 170 valence electrons. The minimum atomic E-state index is 0.625. The van der Waals surface area contributed by atoms with Gasteiger partial charge in [0.1, 0.15) is 0 Å². The van der Waals surface area contributed by atoms with Gasteiger partial charge in [-0.25, -0.2) is 0 Å². The Bertz CT molecular complexity index is 2120. The molecule has 3 heterocycles. The maximum atomic E-state index is 6.07. The first-order valence-corrected chi connectivity index (χ1v) is 12.1. The third kappa shape index (κ3) is 2.67. The number of aromatic nitrogens is 3. The standard InChI is InChI=1S/C32H21N3O/c1-20-7-6-8-23(17-20)34-27-11-4-2-9-24(27)25-18-21(13-15-28(25)34)22-14-16-31-30(19-22)35-29-12-5-3-10-26(29)33-32(35)36-31/h2-19H,1H3. The van der Waals surface area contributed by atoms with E-state index in [4.69, 9.17) is 4.42 Å². The van der Waals surface area contributed by atoms with Crippen molar-refractivity contribution in [3.05, 3.63) is 115 Å². The summed E-state index contributed by atoms with van der Waals surface area (Å²) in [7, 11) is 0. The summed E-state index contributed by atoms with van der Waals surface area (Å²) in [6.07, 6.45) is 0. The fraction of sp³-hybridized carbons (Fsp3) is 0.0312. The molecular weight excluding hydrogens is 442 g/mol. The Balaban J connectivity index is 1.38. The number of imidazole rings is 1. The highest BCUT2D eigenvalue weighted by Gasteiger charge is 2.16. The Morgan fingerprint density at radius 1 is 0.611 bits per heavy atom. The Morgan fingerprint density at radius 3 is 2.31 bits per heavy atom. The van der Waals surface area contributed by atoms with Crippen LogP contribution in [0, 0.1) is 6.92 Å². The third-order valence-corrected chi connectivity index (χ3v) is 7.20. The summed E-state index contributed by atoms with van der Waals surface area (Å²) in [4.78, 5) is 4.66. The maximum absolute atomic E-state index is 6.07. The first-order valence-electron chi connectivity index (χ1n) is 12.1. The van der Waals surface area contributed by atoms with Gasteiger partial charge < -0.3 is 8.98 Å². The maximum Gasteiger partial charge on any atom is 0.307 e. The van der Waals surface area contributed by atoms with Crippen LogP contribution in [0.3, 0.4) is 0 Å². The second kappa shape index (κ2) is 7.09. The van der Waals surface area contributed by atoms with E-state index in [0.717, 1.165) is 27.7 Å². The molecule has 0 atom stereocenters. The van der Waals surface area contributed by atoms with E-state index in [-0.39, 0.29) is 0 Å². The molecular formula is C32H21N3O. The molecule has 8 aromatic rings. The smallest absolute Gasteiger partial charge is 0.307 e. The van der Waals surface area contributed by atoms with Crippen molar-refractivity contribution in [2.75, 3.05) is 0 Å². The number of para-hydroxylation sites is 3. The molecule has 0 saturated heterocycles. The minimum absolute atomic E-state index is 0.625. The molecule has 0 amide bonds. The largest absolute Gasteiger partial charge is 0.423 e. The summed E-state index contributed by atoms with van der Waals surface area (Å²) in [6.45, 7) is 2.14. The van der Waals surface area contributed by atoms with Gasteiger partial charge in [0.05, 0.1) is 27.6 Å². The Morgan fingerprint density at radius 2 is 1.39 bits per heavy atom. The summed E-state index contributed by atoms with van der Waals surface area (Å²) in [5.41, 5.74) is 11.0. The molecule has 4 nitrogen and oxygen atoms in total. The van der Waals surface area contributed by atoms with Crippen LogP contribution in [0.4, 0.5) is 0 Å². The lowest BCUT2D eigenvalue weighted by Gasteiger charge is -2.09. The number of hydrogen-bond acceptors (Lipinski definition) is 2. The molecule has 3 aromatic heterocycles. The van der Waals surface area contributed by atoms with Crippen molar-refractivity contribution in [1.29, 1.82) is 0 Å². The first kappa shape index (κ1) is 19.5. The predicted octanol–water partition coefficient (Wildman–Crippen LogP) is 8.31. The van der Waals surface area contributed by atoms with Crippen molar-refractivity contribution in [3.8, 4) is 16.8 Å². The van der Waals surface area contributed by atoms with Crippen molar-refractivity contribution < 1.29 is 4.42 Å². The van der Waals surface area contributed by atoms with Crippen molar-refractivity contribution in [2.24, 2.45) is 0 Å². The molecule has 8 rings (SSSR count). The highest BCUT2D eigenvalue weighted by molar-refractivity contribution is 6.10. The number of hydrogen-bond donors (Lipinski definition) is 0. The number of rotatable bonds is 2. The van der Waals surface area contributed by atoms with Crippen LogP contribution in [0.25, 0.3) is 66.6 Å². The van der Waals surface area contributed by atoms with Crippen LogP contribution in [0.1, 0.15) is 5.56 Å². The molecule has 36 heavy (non-hydrogen) atoms. The lowest BCUT2D eigenvalue weighted by Crippen LogP contribution is -1.94. The lowest BCUT2D eigenvalue weighted by atomic mass is 10.0. The molecule has 0 aliphatic carbocycles. The highest BCUT2D eigenvalue weighted by Crippen LogP contribution is 2.36. The van der Waals surface area contributed by atoms with E-state index in [0.29, 0.717) is 5.84 Å². The second-order valence-electron chi connectivity index (χ2n) is 9.43. The minimum Gasteiger partial charge on any atom is -0.423 e. The number of benzene rings is 5. The predicted molar refractivity (Wildman–Crippen MR) is 147 cm³/mol. The molecule has 0 bridgehead atoms. The van der Waals surface area contributed by atoms with E-state index in [1.807, 2.05) is 24.3 Å². The van der Waals surface area contributed by atoms with E-state index >= 15 is 0 Å². The van der Waals surface area contributed by atoms with Crippen molar-refractivity contribution in [2.45, 2.75) is 6.92 Å². The molecule has 5 aromatic carbocycles. The normalized spacial score (nSPS) is 12.0. The van der Waals surface area contributed by atoms with Crippen LogP contribution < -0.4 is 0 Å². The van der Waals surface area contributed by atoms with E-state index in [1.165, 1.54) is 38.6 Å². The number of nitrogens with zero attached hydrogens (tertiary/aromatic N) is 3. The van der Waals surface area contributed by atoms with Gasteiger partial charge >= 0.3 is 5.84 Å². The van der Waals surface area contributed by atoms with Crippen LogP contribution >= 0.6 is 0 Å². The summed E-state index contributed by atoms with van der Waals surface area (Å²) in [5, 5.41) is 2.50. The molecule has 0 N–H and O–H groups in total. The van der Waals surface area contributed by atoms with Gasteiger partial charge in [-0.3, -0.25) is 4.40 Å². The first-order chi connectivity index (χ1) is 17.7. The quantitative estimate of drug-likeness (QED) is 0.258. The van der Waals surface area contributed by atoms with E-state index < -0.39 is 0 Å². The second-order valence-corrected chi connectivity index (χ2v) is 9.43. The van der Waals surface area contributed by atoms with Crippen LogP contribution in [0.15, 0.2) is 114 Å². The van der Waals surface area contributed by atoms with Crippen LogP contribution in [0.2, 0.25) is 0 Å². The van der Waals surface area contributed by atoms with Crippen molar-refractivity contribution in [3.63, 3.8) is 0 Å². The number of aryl methyl sites for hydroxylation is 1. The van der Waals surface area contributed by atoms with Gasteiger partial charge in [-0.2, -0.15) is 4.98 Å². The molecule has 0 aliphatic heterocycles. The third-order valence-electron chi connectivity index (χ3n) is 7.20. The van der Waals surface area contributed by atoms with Gasteiger partial charge in [-0.15, -0.1) is 0 Å². The summed E-state index contributed by atoms with van der Waals surface area (Å²) >= 11 is 0. The van der Waals surface area contributed by atoms with Gasteiger partial charge in [0.15, 0.2) is 5.58 Å². The van der Waals surface area contributed by atoms with Crippen molar-refractivity contribution >= 4 is 49.8 Å². The number of fused-ring (bicyclic) bond motifs is 8. The summed E-state index contributed by atoms with van der Waals surface area (Å²) in [6, 6.07) is 38.7. The van der Waals surface area contributed by atoms with Crippen molar-refractivity contribution in [1.82, 2.24) is 14.0 Å². The number of oxazole rings is 1. The van der Waals surface area contributed by atoms with Gasteiger partial charge in [-0.1, -0.05) is 54.6 Å².